The van der Waals surface area contributed by atoms with Crippen LogP contribution >= 0.6 is 0 Å². The van der Waals surface area contributed by atoms with Crippen LogP contribution in [0.15, 0.2) is 52.7 Å². The lowest BCUT2D eigenvalue weighted by atomic mass is 10.2. The van der Waals surface area contributed by atoms with Crippen molar-refractivity contribution in [3.8, 4) is 0 Å². The van der Waals surface area contributed by atoms with Crippen molar-refractivity contribution in [3.05, 3.63) is 53.6 Å². The molecule has 0 radical (unpaired) electrons. The molecule has 0 unspecified atom stereocenters. The van der Waals surface area contributed by atoms with Crippen LogP contribution in [0.4, 0.5) is 17.1 Å². The van der Waals surface area contributed by atoms with Crippen LogP contribution in [0.25, 0.3) is 0 Å². The van der Waals surface area contributed by atoms with Crippen LogP contribution in [0.5, 0.6) is 0 Å². The number of carboxylic acids is 2. The summed E-state index contributed by atoms with van der Waals surface area (Å²) in [5.41, 5.74) is 6.85. The Morgan fingerprint density at radius 2 is 1.43 bits per heavy atom. The molecule has 106 valence electrons. The van der Waals surface area contributed by atoms with Gasteiger partial charge in [-0.3, -0.25) is 0 Å². The number of nitrogens with two attached hydrogens (primary N) is 1. The van der Waals surface area contributed by atoms with Gasteiger partial charge in [0.05, 0.1) is 22.5 Å². The van der Waals surface area contributed by atoms with Crippen LogP contribution in [0.3, 0.4) is 0 Å². The number of rotatable bonds is 4. The van der Waals surface area contributed by atoms with Crippen molar-refractivity contribution in [1.29, 1.82) is 0 Å². The van der Waals surface area contributed by atoms with Gasteiger partial charge in [0.25, 0.3) is 0 Å². The van der Waals surface area contributed by atoms with Gasteiger partial charge in [0.15, 0.2) is 0 Å². The monoisotopic (exact) mass is 285 g/mol. The summed E-state index contributed by atoms with van der Waals surface area (Å²) in [6, 6.07) is 9.90. The molecule has 0 saturated heterocycles. The van der Waals surface area contributed by atoms with Crippen LogP contribution in [0.2, 0.25) is 0 Å². The number of hydrogen-bond acceptors (Lipinski definition) is 5. The number of benzene rings is 2. The molecule has 2 aromatic rings. The SMILES string of the molecule is Nc1ccc(C(=O)O)cc1N=Nc1ccc(C(=O)O)cc1. The first kappa shape index (κ1) is 14.2. The fraction of sp³-hybridized carbons (Fsp3) is 0. The molecule has 0 amide bonds. The molecule has 0 atom stereocenters. The second-order valence-electron chi connectivity index (χ2n) is 4.13. The van der Waals surface area contributed by atoms with E-state index in [2.05, 4.69) is 10.2 Å². The maximum absolute atomic E-state index is 10.9. The molecule has 0 aliphatic heterocycles. The van der Waals surface area contributed by atoms with Crippen LogP contribution < -0.4 is 5.73 Å². The third-order valence-corrected chi connectivity index (χ3v) is 2.66. The summed E-state index contributed by atoms with van der Waals surface area (Å²) in [6.07, 6.45) is 0. The zero-order valence-electron chi connectivity index (χ0n) is 10.7. The number of anilines is 1. The van der Waals surface area contributed by atoms with Gasteiger partial charge < -0.3 is 15.9 Å². The molecular weight excluding hydrogens is 274 g/mol. The summed E-state index contributed by atoms with van der Waals surface area (Å²) in [5.74, 6) is -2.12. The molecule has 7 nitrogen and oxygen atoms in total. The van der Waals surface area contributed by atoms with Gasteiger partial charge in [0.2, 0.25) is 0 Å². The van der Waals surface area contributed by atoms with Gasteiger partial charge in [-0.2, -0.15) is 5.11 Å². The van der Waals surface area contributed by atoms with Crippen molar-refractivity contribution >= 4 is 29.0 Å². The molecule has 2 rings (SSSR count). The van der Waals surface area contributed by atoms with Crippen LogP contribution in [0.1, 0.15) is 20.7 Å². The highest BCUT2D eigenvalue weighted by molar-refractivity contribution is 5.90. The molecule has 2 aromatic carbocycles. The standard InChI is InChI=1S/C14H11N3O4/c15-11-6-3-9(14(20)21)7-12(11)17-16-10-4-1-8(2-5-10)13(18)19/h1-7H,15H2,(H,18,19)(H,20,21). The summed E-state index contributed by atoms with van der Waals surface area (Å²) in [5, 5.41) is 25.5. The van der Waals surface area contributed by atoms with Gasteiger partial charge in [-0.05, 0) is 42.5 Å². The summed E-state index contributed by atoms with van der Waals surface area (Å²) >= 11 is 0. The van der Waals surface area contributed by atoms with Crippen LogP contribution in [-0.2, 0) is 0 Å². The molecule has 4 N–H and O–H groups in total. The number of nitrogen functional groups attached to an aromatic ring is 1. The van der Waals surface area contributed by atoms with E-state index in [1.165, 1.54) is 42.5 Å². The minimum atomic E-state index is -1.09. The average Bonchev–Trinajstić information content (AvgIpc) is 2.46. The normalized spacial score (nSPS) is 10.7. The van der Waals surface area contributed by atoms with Crippen molar-refractivity contribution in [1.82, 2.24) is 0 Å². The quantitative estimate of drug-likeness (QED) is 0.587. The van der Waals surface area contributed by atoms with E-state index in [1.54, 1.807) is 0 Å². The Labute approximate surface area is 119 Å². The van der Waals surface area contributed by atoms with E-state index in [-0.39, 0.29) is 16.8 Å². The first-order valence-electron chi connectivity index (χ1n) is 5.85. The van der Waals surface area contributed by atoms with Crippen molar-refractivity contribution in [2.45, 2.75) is 0 Å². The Kier molecular flexibility index (Phi) is 3.94. The minimum Gasteiger partial charge on any atom is -0.478 e. The smallest absolute Gasteiger partial charge is 0.335 e. The minimum absolute atomic E-state index is 0.0550. The summed E-state index contributed by atoms with van der Waals surface area (Å²) < 4.78 is 0. The van der Waals surface area contributed by atoms with Gasteiger partial charge in [-0.25, -0.2) is 9.59 Å². The Morgan fingerprint density at radius 3 is 2.00 bits per heavy atom. The summed E-state index contributed by atoms with van der Waals surface area (Å²) in [6.45, 7) is 0. The Morgan fingerprint density at radius 1 is 0.857 bits per heavy atom. The van der Waals surface area contributed by atoms with E-state index in [4.69, 9.17) is 15.9 Å². The van der Waals surface area contributed by atoms with E-state index < -0.39 is 11.9 Å². The van der Waals surface area contributed by atoms with E-state index in [0.717, 1.165) is 0 Å². The van der Waals surface area contributed by atoms with Gasteiger partial charge in [0, 0.05) is 0 Å². The topological polar surface area (TPSA) is 125 Å². The van der Waals surface area contributed by atoms with Crippen LogP contribution in [0, 0.1) is 0 Å². The van der Waals surface area contributed by atoms with E-state index >= 15 is 0 Å². The first-order chi connectivity index (χ1) is 9.97. The number of carboxylic acid groups (broad SMARTS) is 2. The highest BCUT2D eigenvalue weighted by atomic mass is 16.4. The third kappa shape index (κ3) is 3.41. The van der Waals surface area contributed by atoms with Gasteiger partial charge in [-0.15, -0.1) is 5.11 Å². The Balaban J connectivity index is 2.26. The maximum Gasteiger partial charge on any atom is 0.335 e. The molecule has 21 heavy (non-hydrogen) atoms. The molecule has 0 spiro atoms. The lowest BCUT2D eigenvalue weighted by Gasteiger charge is -2.01. The lowest BCUT2D eigenvalue weighted by Crippen LogP contribution is -1.96. The van der Waals surface area contributed by atoms with E-state index in [9.17, 15) is 9.59 Å². The van der Waals surface area contributed by atoms with Crippen molar-refractivity contribution in [2.24, 2.45) is 10.2 Å². The molecule has 7 heteroatoms. The fourth-order valence-electron chi connectivity index (χ4n) is 1.55. The molecule has 0 aliphatic rings. The third-order valence-electron chi connectivity index (χ3n) is 2.66. The van der Waals surface area contributed by atoms with Gasteiger partial charge >= 0.3 is 11.9 Å². The van der Waals surface area contributed by atoms with Gasteiger partial charge in [0.1, 0.15) is 5.69 Å². The average molecular weight is 285 g/mol. The fourth-order valence-corrected chi connectivity index (χ4v) is 1.55. The molecule has 0 bridgehead atoms. The molecule has 0 aromatic heterocycles. The van der Waals surface area contributed by atoms with Crippen molar-refractivity contribution in [2.75, 3.05) is 5.73 Å². The van der Waals surface area contributed by atoms with Crippen molar-refractivity contribution in [3.63, 3.8) is 0 Å². The second kappa shape index (κ2) is 5.83. The molecule has 0 aliphatic carbocycles. The highest BCUT2D eigenvalue weighted by Gasteiger charge is 2.06. The summed E-state index contributed by atoms with van der Waals surface area (Å²) in [4.78, 5) is 21.6. The number of carbonyl (C=O) groups is 2. The summed E-state index contributed by atoms with van der Waals surface area (Å²) in [7, 11) is 0. The zero-order chi connectivity index (χ0) is 15.4. The number of azo groups is 1. The zero-order valence-corrected chi connectivity index (χ0v) is 10.7. The second-order valence-corrected chi connectivity index (χ2v) is 4.13. The van der Waals surface area contributed by atoms with Crippen LogP contribution in [-0.4, -0.2) is 22.2 Å². The first-order valence-corrected chi connectivity index (χ1v) is 5.85. The Hall–Kier alpha value is -3.22. The number of nitrogens with zero attached hydrogens (tertiary/aromatic N) is 2. The molecule has 0 fully saturated rings. The predicted molar refractivity (Wildman–Crippen MR) is 75.4 cm³/mol. The molecule has 0 saturated carbocycles. The van der Waals surface area contributed by atoms with E-state index in [1.807, 2.05) is 0 Å². The lowest BCUT2D eigenvalue weighted by molar-refractivity contribution is 0.0686. The largest absolute Gasteiger partial charge is 0.478 e. The Bertz CT molecular complexity index is 723. The van der Waals surface area contributed by atoms with Gasteiger partial charge in [-0.1, -0.05) is 0 Å². The predicted octanol–water partition coefficient (Wildman–Crippen LogP) is 3.08. The highest BCUT2D eigenvalue weighted by Crippen LogP contribution is 2.26. The number of aromatic carboxylic acids is 2. The number of hydrogen-bond donors (Lipinski definition) is 3. The van der Waals surface area contributed by atoms with E-state index in [0.29, 0.717) is 11.4 Å². The maximum atomic E-state index is 10.9. The molecular formula is C14H11N3O4. The molecule has 0 heterocycles. The van der Waals surface area contributed by atoms with Crippen molar-refractivity contribution < 1.29 is 19.8 Å².